The second-order valence-electron chi connectivity index (χ2n) is 2.67. The summed E-state index contributed by atoms with van der Waals surface area (Å²) in [5.41, 5.74) is 7.17. The van der Waals surface area contributed by atoms with Crippen LogP contribution in [0.1, 0.15) is 5.69 Å². The van der Waals surface area contributed by atoms with Crippen molar-refractivity contribution in [2.45, 2.75) is 6.54 Å². The van der Waals surface area contributed by atoms with Gasteiger partial charge in [0.2, 0.25) is 0 Å². The molecule has 5 heteroatoms. The molecule has 0 aliphatic rings. The maximum absolute atomic E-state index is 5.43. The smallest absolute Gasteiger partial charge is 0.0967 e. The van der Waals surface area contributed by atoms with Crippen LogP contribution in [0.4, 0.5) is 0 Å². The lowest BCUT2D eigenvalue weighted by molar-refractivity contribution is 0.738. The molecule has 0 atom stereocenters. The summed E-state index contributed by atoms with van der Waals surface area (Å²) in [5, 5.41) is 8.26. The molecule has 0 aliphatic carbocycles. The Hall–Kier alpha value is -1.39. The van der Waals surface area contributed by atoms with Crippen LogP contribution in [0, 0.1) is 0 Å². The molecule has 2 aromatic rings. The van der Waals surface area contributed by atoms with Gasteiger partial charge in [-0.25, -0.2) is 0 Å². The number of aromatic nitrogens is 3. The molecular weight excluding hydrogens is 200 g/mol. The van der Waals surface area contributed by atoms with Crippen LogP contribution in [0.2, 0.25) is 0 Å². The van der Waals surface area contributed by atoms with Crippen molar-refractivity contribution in [1.29, 1.82) is 0 Å². The molecule has 0 spiro atoms. The van der Waals surface area contributed by atoms with Gasteiger partial charge in [0.25, 0.3) is 0 Å². The molecule has 2 rings (SSSR count). The summed E-state index contributed by atoms with van der Waals surface area (Å²) >= 11 is 0. The standard InChI is InChI=1S/C9H10N4.ClH/c10-6-8-7-11-13(12-8)9-4-2-1-3-5-9;/h1-5,7H,6,10H2;1H. The normalized spacial score (nSPS) is 9.50. The van der Waals surface area contributed by atoms with Gasteiger partial charge in [0.05, 0.1) is 17.6 Å². The van der Waals surface area contributed by atoms with Crippen molar-refractivity contribution in [3.8, 4) is 5.69 Å². The Balaban J connectivity index is 0.000000980. The Labute approximate surface area is 88.1 Å². The van der Waals surface area contributed by atoms with Crippen LogP contribution in [0.15, 0.2) is 36.5 Å². The Morgan fingerprint density at radius 1 is 1.21 bits per heavy atom. The highest BCUT2D eigenvalue weighted by molar-refractivity contribution is 5.85. The minimum atomic E-state index is 0. The second kappa shape index (κ2) is 4.74. The zero-order valence-corrected chi connectivity index (χ0v) is 8.31. The molecule has 0 fully saturated rings. The molecular formula is C9H11ClN4. The Morgan fingerprint density at radius 3 is 2.50 bits per heavy atom. The maximum Gasteiger partial charge on any atom is 0.0967 e. The molecule has 14 heavy (non-hydrogen) atoms. The predicted molar refractivity (Wildman–Crippen MR) is 56.5 cm³/mol. The third kappa shape index (κ3) is 2.10. The van der Waals surface area contributed by atoms with Crippen molar-refractivity contribution in [3.63, 3.8) is 0 Å². The van der Waals surface area contributed by atoms with E-state index in [-0.39, 0.29) is 12.4 Å². The predicted octanol–water partition coefficient (Wildman–Crippen LogP) is 1.15. The molecule has 0 radical (unpaired) electrons. The summed E-state index contributed by atoms with van der Waals surface area (Å²) in [6, 6.07) is 9.74. The summed E-state index contributed by atoms with van der Waals surface area (Å²) in [4.78, 5) is 1.57. The summed E-state index contributed by atoms with van der Waals surface area (Å²) in [6.45, 7) is 0.423. The van der Waals surface area contributed by atoms with E-state index in [0.29, 0.717) is 6.54 Å². The van der Waals surface area contributed by atoms with Crippen LogP contribution in [0.5, 0.6) is 0 Å². The van der Waals surface area contributed by atoms with Crippen LogP contribution in [0.25, 0.3) is 5.69 Å². The second-order valence-corrected chi connectivity index (χ2v) is 2.67. The van der Waals surface area contributed by atoms with Gasteiger partial charge in [0.15, 0.2) is 0 Å². The van der Waals surface area contributed by atoms with Crippen molar-refractivity contribution < 1.29 is 0 Å². The monoisotopic (exact) mass is 210 g/mol. The molecule has 0 saturated carbocycles. The highest BCUT2D eigenvalue weighted by Crippen LogP contribution is 2.03. The minimum Gasteiger partial charge on any atom is -0.325 e. The fourth-order valence-electron chi connectivity index (χ4n) is 1.07. The molecule has 0 unspecified atom stereocenters. The van der Waals surface area contributed by atoms with Gasteiger partial charge in [-0.2, -0.15) is 15.0 Å². The van der Waals surface area contributed by atoms with Gasteiger partial charge in [-0.3, -0.25) is 0 Å². The number of hydrogen-bond acceptors (Lipinski definition) is 3. The largest absolute Gasteiger partial charge is 0.325 e. The Kier molecular flexibility index (Phi) is 3.62. The SMILES string of the molecule is Cl.NCc1cnn(-c2ccccc2)n1. The van der Waals surface area contributed by atoms with Crippen LogP contribution in [-0.2, 0) is 6.54 Å². The average Bonchev–Trinajstić information content (AvgIpc) is 2.67. The molecule has 0 saturated heterocycles. The summed E-state index contributed by atoms with van der Waals surface area (Å²) in [6.07, 6.45) is 1.67. The molecule has 2 N–H and O–H groups in total. The van der Waals surface area contributed by atoms with Gasteiger partial charge in [0, 0.05) is 6.54 Å². The quantitative estimate of drug-likeness (QED) is 0.809. The zero-order valence-electron chi connectivity index (χ0n) is 7.50. The number of para-hydroxylation sites is 1. The summed E-state index contributed by atoms with van der Waals surface area (Å²) in [5.74, 6) is 0. The summed E-state index contributed by atoms with van der Waals surface area (Å²) in [7, 11) is 0. The minimum absolute atomic E-state index is 0. The molecule has 1 heterocycles. The van der Waals surface area contributed by atoms with E-state index >= 15 is 0 Å². The topological polar surface area (TPSA) is 56.7 Å². The van der Waals surface area contributed by atoms with Crippen LogP contribution in [-0.4, -0.2) is 15.0 Å². The van der Waals surface area contributed by atoms with E-state index in [1.165, 1.54) is 0 Å². The van der Waals surface area contributed by atoms with Crippen molar-refractivity contribution in [2.24, 2.45) is 5.73 Å². The van der Waals surface area contributed by atoms with E-state index in [2.05, 4.69) is 10.2 Å². The fraction of sp³-hybridized carbons (Fsp3) is 0.111. The number of hydrogen-bond donors (Lipinski definition) is 1. The zero-order chi connectivity index (χ0) is 9.10. The van der Waals surface area contributed by atoms with Gasteiger partial charge >= 0.3 is 0 Å². The first-order valence-electron chi connectivity index (χ1n) is 4.07. The molecule has 0 amide bonds. The first kappa shape index (κ1) is 10.7. The number of nitrogens with zero attached hydrogens (tertiary/aromatic N) is 3. The van der Waals surface area contributed by atoms with Crippen molar-refractivity contribution in [3.05, 3.63) is 42.2 Å². The van der Waals surface area contributed by atoms with E-state index in [0.717, 1.165) is 11.4 Å². The first-order valence-corrected chi connectivity index (χ1v) is 4.07. The first-order chi connectivity index (χ1) is 6.40. The van der Waals surface area contributed by atoms with Crippen molar-refractivity contribution in [2.75, 3.05) is 0 Å². The van der Waals surface area contributed by atoms with E-state index in [4.69, 9.17) is 5.73 Å². The van der Waals surface area contributed by atoms with E-state index in [1.807, 2.05) is 30.3 Å². The lowest BCUT2D eigenvalue weighted by Crippen LogP contribution is -2.01. The van der Waals surface area contributed by atoms with Crippen LogP contribution in [0.3, 0.4) is 0 Å². The van der Waals surface area contributed by atoms with Crippen molar-refractivity contribution >= 4 is 12.4 Å². The average molecular weight is 211 g/mol. The highest BCUT2D eigenvalue weighted by Gasteiger charge is 1.99. The lowest BCUT2D eigenvalue weighted by atomic mass is 10.3. The van der Waals surface area contributed by atoms with E-state index in [9.17, 15) is 0 Å². The van der Waals surface area contributed by atoms with E-state index in [1.54, 1.807) is 11.0 Å². The lowest BCUT2D eigenvalue weighted by Gasteiger charge is -1.96. The van der Waals surface area contributed by atoms with Gasteiger partial charge < -0.3 is 5.73 Å². The molecule has 74 valence electrons. The molecule has 1 aromatic carbocycles. The number of nitrogens with two attached hydrogens (primary N) is 1. The summed E-state index contributed by atoms with van der Waals surface area (Å²) < 4.78 is 0. The number of halogens is 1. The van der Waals surface area contributed by atoms with Crippen LogP contribution >= 0.6 is 12.4 Å². The third-order valence-electron chi connectivity index (χ3n) is 1.74. The molecule has 4 nitrogen and oxygen atoms in total. The van der Waals surface area contributed by atoms with Gasteiger partial charge in [-0.1, -0.05) is 18.2 Å². The van der Waals surface area contributed by atoms with Crippen LogP contribution < -0.4 is 5.73 Å². The maximum atomic E-state index is 5.43. The number of rotatable bonds is 2. The van der Waals surface area contributed by atoms with Gasteiger partial charge in [-0.15, -0.1) is 12.4 Å². The third-order valence-corrected chi connectivity index (χ3v) is 1.74. The molecule has 0 bridgehead atoms. The van der Waals surface area contributed by atoms with E-state index < -0.39 is 0 Å². The molecule has 1 aromatic heterocycles. The Morgan fingerprint density at radius 2 is 1.93 bits per heavy atom. The van der Waals surface area contributed by atoms with Gasteiger partial charge in [0.1, 0.15) is 0 Å². The highest BCUT2D eigenvalue weighted by atomic mass is 35.5. The number of benzene rings is 1. The Bertz CT molecular complexity index is 385. The fourth-order valence-corrected chi connectivity index (χ4v) is 1.07. The van der Waals surface area contributed by atoms with Crippen molar-refractivity contribution in [1.82, 2.24) is 15.0 Å². The van der Waals surface area contributed by atoms with Gasteiger partial charge in [-0.05, 0) is 12.1 Å². The molecule has 0 aliphatic heterocycles.